The van der Waals surface area contributed by atoms with Gasteiger partial charge in [0.15, 0.2) is 0 Å². The average molecular weight is 462 g/mol. The minimum absolute atomic E-state index is 0.200. The number of carbonyl (C=O) groups is 2. The number of benzene rings is 1. The molecule has 4 nitrogen and oxygen atoms in total. The molecule has 1 atom stereocenters. The second kappa shape index (κ2) is 14.1. The lowest BCUT2D eigenvalue weighted by Crippen LogP contribution is -2.45. The number of rotatable bonds is 14. The Morgan fingerprint density at radius 2 is 1.53 bits per heavy atom. The highest BCUT2D eigenvalue weighted by molar-refractivity contribution is 5.97. The van der Waals surface area contributed by atoms with Crippen LogP contribution in [0.5, 0.6) is 0 Å². The van der Waals surface area contributed by atoms with Crippen molar-refractivity contribution in [1.82, 2.24) is 5.32 Å². The van der Waals surface area contributed by atoms with Crippen molar-refractivity contribution in [3.63, 3.8) is 0 Å². The van der Waals surface area contributed by atoms with Crippen molar-refractivity contribution >= 4 is 11.9 Å². The van der Waals surface area contributed by atoms with Gasteiger partial charge in [0.2, 0.25) is 0 Å². The van der Waals surface area contributed by atoms with E-state index in [1.807, 2.05) is 0 Å². The summed E-state index contributed by atoms with van der Waals surface area (Å²) in [6, 6.07) is 1.37. The van der Waals surface area contributed by atoms with E-state index in [1.54, 1.807) is 13.8 Å². The monoisotopic (exact) mass is 461 g/mol. The Morgan fingerprint density at radius 1 is 0.969 bits per heavy atom. The molecule has 8 heteroatoms. The summed E-state index contributed by atoms with van der Waals surface area (Å²) in [7, 11) is 0. The zero-order valence-electron chi connectivity index (χ0n) is 19.2. The number of hydrogen-bond donors (Lipinski definition) is 1. The van der Waals surface area contributed by atoms with Gasteiger partial charge in [-0.1, -0.05) is 78.2 Å². The highest BCUT2D eigenvalue weighted by Crippen LogP contribution is 2.32. The third-order valence-electron chi connectivity index (χ3n) is 5.25. The molecule has 32 heavy (non-hydrogen) atoms. The Morgan fingerprint density at radius 3 is 2.06 bits per heavy atom. The predicted octanol–water partition coefficient (Wildman–Crippen LogP) is 6.67. The molecule has 0 fully saturated rings. The molecular weight excluding hydrogens is 426 g/mol. The summed E-state index contributed by atoms with van der Waals surface area (Å²) in [5.74, 6) is -3.82. The summed E-state index contributed by atoms with van der Waals surface area (Å²) >= 11 is 0. The van der Waals surface area contributed by atoms with E-state index in [-0.39, 0.29) is 12.5 Å². The van der Waals surface area contributed by atoms with Gasteiger partial charge in [0, 0.05) is 0 Å². The van der Waals surface area contributed by atoms with Crippen LogP contribution in [0.4, 0.5) is 17.6 Å². The van der Waals surface area contributed by atoms with Crippen LogP contribution in [0, 0.1) is 11.7 Å². The molecule has 182 valence electrons. The molecule has 0 heterocycles. The number of carbonyl (C=O) groups excluding carboxylic acids is 2. The van der Waals surface area contributed by atoms with Gasteiger partial charge in [-0.2, -0.15) is 13.2 Å². The quantitative estimate of drug-likeness (QED) is 0.191. The van der Waals surface area contributed by atoms with E-state index >= 15 is 0 Å². The normalized spacial score (nSPS) is 12.6. The summed E-state index contributed by atoms with van der Waals surface area (Å²) in [6.07, 6.45) is 5.10. The Labute approximate surface area is 188 Å². The van der Waals surface area contributed by atoms with Crippen molar-refractivity contribution in [2.75, 3.05) is 6.61 Å². The molecule has 0 saturated heterocycles. The number of alkyl halides is 3. The number of hydrogen-bond acceptors (Lipinski definition) is 3. The van der Waals surface area contributed by atoms with E-state index in [9.17, 15) is 27.2 Å². The van der Waals surface area contributed by atoms with Crippen LogP contribution in [0.1, 0.15) is 94.5 Å². The molecule has 1 rings (SSSR count). The fourth-order valence-electron chi connectivity index (χ4n) is 3.32. The maximum Gasteiger partial charge on any atom is 0.419 e. The highest BCUT2D eigenvalue weighted by atomic mass is 19.4. The Kier molecular flexibility index (Phi) is 12.3. The standard InChI is InChI=1S/C24H35F4NO3/c1-4-5-6-7-8-9-10-11-12-16-32-23(31)21(17(2)3)29-22(30)18-14-13-15-19(20(18)25)24(26,27)28/h13-15,17,21H,4-12,16H2,1-3H3,(H,29,30). The van der Waals surface area contributed by atoms with E-state index in [4.69, 9.17) is 4.74 Å². The average Bonchev–Trinajstić information content (AvgIpc) is 2.72. The van der Waals surface area contributed by atoms with Crippen LogP contribution in [-0.2, 0) is 15.7 Å². The maximum atomic E-state index is 14.2. The van der Waals surface area contributed by atoms with Gasteiger partial charge in [0.1, 0.15) is 11.9 Å². The zero-order valence-corrected chi connectivity index (χ0v) is 19.2. The molecule has 0 radical (unpaired) electrons. The van der Waals surface area contributed by atoms with Crippen molar-refractivity contribution < 1.29 is 31.9 Å². The third-order valence-corrected chi connectivity index (χ3v) is 5.25. The van der Waals surface area contributed by atoms with Crippen LogP contribution in [0.3, 0.4) is 0 Å². The SMILES string of the molecule is CCCCCCCCCCCOC(=O)C(NC(=O)c1cccc(C(F)(F)F)c1F)C(C)C. The van der Waals surface area contributed by atoms with Gasteiger partial charge in [-0.3, -0.25) is 4.79 Å². The molecule has 0 aliphatic carbocycles. The maximum absolute atomic E-state index is 14.2. The second-order valence-electron chi connectivity index (χ2n) is 8.36. The van der Waals surface area contributed by atoms with Gasteiger partial charge < -0.3 is 10.1 Å². The molecule has 1 N–H and O–H groups in total. The number of amides is 1. The first kappa shape index (κ1) is 27.9. The van der Waals surface area contributed by atoms with Crippen LogP contribution in [0.25, 0.3) is 0 Å². The summed E-state index contributed by atoms with van der Waals surface area (Å²) in [6.45, 7) is 5.70. The lowest BCUT2D eigenvalue weighted by atomic mass is 10.0. The van der Waals surface area contributed by atoms with Crippen LogP contribution >= 0.6 is 0 Å². The first-order valence-electron chi connectivity index (χ1n) is 11.4. The number of ether oxygens (including phenoxy) is 1. The molecule has 0 aromatic heterocycles. The molecule has 0 bridgehead atoms. The molecule has 0 aliphatic heterocycles. The zero-order chi connectivity index (χ0) is 24.1. The molecule has 1 aromatic carbocycles. The largest absolute Gasteiger partial charge is 0.464 e. The first-order valence-corrected chi connectivity index (χ1v) is 11.4. The van der Waals surface area contributed by atoms with Crippen molar-refractivity contribution in [1.29, 1.82) is 0 Å². The number of unbranched alkanes of at least 4 members (excludes halogenated alkanes) is 8. The minimum atomic E-state index is -4.92. The van der Waals surface area contributed by atoms with Crippen molar-refractivity contribution in [3.8, 4) is 0 Å². The van der Waals surface area contributed by atoms with E-state index in [0.29, 0.717) is 12.5 Å². The Hall–Kier alpha value is -2.12. The van der Waals surface area contributed by atoms with Crippen molar-refractivity contribution in [3.05, 3.63) is 35.1 Å². The Bertz CT molecular complexity index is 720. The molecule has 0 saturated carbocycles. The topological polar surface area (TPSA) is 55.4 Å². The van der Waals surface area contributed by atoms with Crippen LogP contribution < -0.4 is 5.32 Å². The second-order valence-corrected chi connectivity index (χ2v) is 8.36. The lowest BCUT2D eigenvalue weighted by Gasteiger charge is -2.21. The van der Waals surface area contributed by atoms with Crippen LogP contribution in [0.15, 0.2) is 18.2 Å². The van der Waals surface area contributed by atoms with Gasteiger partial charge in [-0.05, 0) is 24.5 Å². The molecule has 0 aliphatic rings. The molecule has 0 spiro atoms. The van der Waals surface area contributed by atoms with E-state index in [2.05, 4.69) is 12.2 Å². The molecule has 1 amide bonds. The van der Waals surface area contributed by atoms with Crippen molar-refractivity contribution in [2.45, 2.75) is 90.8 Å². The summed E-state index contributed by atoms with van der Waals surface area (Å²) in [4.78, 5) is 24.8. The summed E-state index contributed by atoms with van der Waals surface area (Å²) in [5, 5.41) is 2.32. The van der Waals surface area contributed by atoms with E-state index in [0.717, 1.165) is 31.4 Å². The smallest absolute Gasteiger partial charge is 0.419 e. The number of halogens is 4. The summed E-state index contributed by atoms with van der Waals surface area (Å²) < 4.78 is 58.1. The van der Waals surface area contributed by atoms with Gasteiger partial charge >= 0.3 is 12.1 Å². The predicted molar refractivity (Wildman–Crippen MR) is 116 cm³/mol. The Balaban J connectivity index is 2.51. The molecule has 1 unspecified atom stereocenters. The summed E-state index contributed by atoms with van der Waals surface area (Å²) in [5.41, 5.74) is -2.30. The van der Waals surface area contributed by atoms with Gasteiger partial charge in [0.25, 0.3) is 5.91 Å². The van der Waals surface area contributed by atoms with Crippen LogP contribution in [-0.4, -0.2) is 24.5 Å². The number of nitrogens with one attached hydrogen (secondary N) is 1. The lowest BCUT2D eigenvalue weighted by molar-refractivity contribution is -0.147. The van der Waals surface area contributed by atoms with E-state index < -0.39 is 41.0 Å². The molecular formula is C24H35F4NO3. The fraction of sp³-hybridized carbons (Fsp3) is 0.667. The van der Waals surface area contributed by atoms with Gasteiger partial charge in [-0.25, -0.2) is 9.18 Å². The minimum Gasteiger partial charge on any atom is -0.464 e. The third kappa shape index (κ3) is 9.57. The van der Waals surface area contributed by atoms with Crippen LogP contribution in [0.2, 0.25) is 0 Å². The number of esters is 1. The highest BCUT2D eigenvalue weighted by Gasteiger charge is 2.36. The van der Waals surface area contributed by atoms with Crippen molar-refractivity contribution in [2.24, 2.45) is 5.92 Å². The van der Waals surface area contributed by atoms with Gasteiger partial charge in [-0.15, -0.1) is 0 Å². The van der Waals surface area contributed by atoms with E-state index in [1.165, 1.54) is 32.1 Å². The van der Waals surface area contributed by atoms with Gasteiger partial charge in [0.05, 0.1) is 17.7 Å². The molecule has 1 aromatic rings. The first-order chi connectivity index (χ1) is 15.1. The fourth-order valence-corrected chi connectivity index (χ4v) is 3.32.